The summed E-state index contributed by atoms with van der Waals surface area (Å²) in [5, 5.41) is 6.14. The van der Waals surface area contributed by atoms with Crippen molar-refractivity contribution in [3.63, 3.8) is 0 Å². The molecule has 2 N–H and O–H groups in total. The van der Waals surface area contributed by atoms with E-state index < -0.39 is 0 Å². The fourth-order valence-electron chi connectivity index (χ4n) is 3.85. The Balaban J connectivity index is 1.51. The molecule has 3 unspecified atom stereocenters. The number of amides is 2. The van der Waals surface area contributed by atoms with E-state index >= 15 is 0 Å². The number of morpholine rings is 1. The van der Waals surface area contributed by atoms with E-state index in [1.807, 2.05) is 43.9 Å². The molecule has 2 aromatic carbocycles. The number of carbonyl (C=O) groups excluding carboxylic acids is 2. The van der Waals surface area contributed by atoms with Crippen LogP contribution in [0.4, 0.5) is 5.69 Å². The van der Waals surface area contributed by atoms with Gasteiger partial charge in [-0.05, 0) is 75.6 Å². The van der Waals surface area contributed by atoms with Crippen LogP contribution in [-0.4, -0.2) is 48.6 Å². The van der Waals surface area contributed by atoms with Gasteiger partial charge in [0.15, 0.2) is 0 Å². The maximum atomic E-state index is 12.8. The molecule has 1 heterocycles. The third-order valence-electron chi connectivity index (χ3n) is 5.70. The number of hydrogen-bond donors (Lipinski definition) is 2. The highest BCUT2D eigenvalue weighted by Crippen LogP contribution is 2.18. The second kappa shape index (κ2) is 9.96. The van der Waals surface area contributed by atoms with Crippen molar-refractivity contribution in [2.75, 3.05) is 25.0 Å². The van der Waals surface area contributed by atoms with Gasteiger partial charge in [-0.1, -0.05) is 18.2 Å². The van der Waals surface area contributed by atoms with Crippen molar-refractivity contribution in [1.29, 1.82) is 0 Å². The van der Waals surface area contributed by atoms with Crippen molar-refractivity contribution in [3.8, 4) is 0 Å². The number of anilines is 1. The normalized spacial score (nSPS) is 19.6. The van der Waals surface area contributed by atoms with Crippen LogP contribution in [0, 0.1) is 13.8 Å². The predicted molar refractivity (Wildman–Crippen MR) is 123 cm³/mol. The van der Waals surface area contributed by atoms with Crippen molar-refractivity contribution < 1.29 is 14.3 Å². The summed E-state index contributed by atoms with van der Waals surface area (Å²) >= 11 is 0. The van der Waals surface area contributed by atoms with Gasteiger partial charge in [-0.25, -0.2) is 0 Å². The SMILES string of the molecule is Cc1ccc(C(C)NC(=O)CNc2ccc(C(=O)N3CC(C)OC(C)C3)cc2)cc1C. The molecule has 2 amide bonds. The summed E-state index contributed by atoms with van der Waals surface area (Å²) in [6.07, 6.45) is 0.0803. The number of hydrogen-bond acceptors (Lipinski definition) is 4. The van der Waals surface area contributed by atoms with Gasteiger partial charge in [-0.3, -0.25) is 9.59 Å². The molecule has 1 fully saturated rings. The maximum absolute atomic E-state index is 12.8. The molecule has 6 nitrogen and oxygen atoms in total. The van der Waals surface area contributed by atoms with Gasteiger partial charge in [0, 0.05) is 24.3 Å². The molecule has 0 saturated carbocycles. The summed E-state index contributed by atoms with van der Waals surface area (Å²) in [7, 11) is 0. The maximum Gasteiger partial charge on any atom is 0.254 e. The van der Waals surface area contributed by atoms with E-state index in [4.69, 9.17) is 4.74 Å². The Hall–Kier alpha value is -2.86. The average molecular weight is 424 g/mol. The highest BCUT2D eigenvalue weighted by Gasteiger charge is 2.26. The summed E-state index contributed by atoms with van der Waals surface area (Å²) < 4.78 is 5.70. The topological polar surface area (TPSA) is 70.7 Å². The van der Waals surface area contributed by atoms with Gasteiger partial charge in [0.25, 0.3) is 5.91 Å². The van der Waals surface area contributed by atoms with Crippen LogP contribution >= 0.6 is 0 Å². The van der Waals surface area contributed by atoms with Crippen LogP contribution in [0.1, 0.15) is 53.9 Å². The van der Waals surface area contributed by atoms with E-state index in [1.165, 1.54) is 11.1 Å². The summed E-state index contributed by atoms with van der Waals surface area (Å²) in [5.74, 6) is -0.0734. The minimum atomic E-state index is -0.0813. The molecule has 0 aliphatic carbocycles. The zero-order chi connectivity index (χ0) is 22.5. The Morgan fingerprint density at radius 2 is 1.68 bits per heavy atom. The van der Waals surface area contributed by atoms with E-state index in [1.54, 1.807) is 12.1 Å². The van der Waals surface area contributed by atoms with E-state index in [2.05, 4.69) is 36.6 Å². The van der Waals surface area contributed by atoms with E-state index in [0.29, 0.717) is 18.7 Å². The first-order valence-electron chi connectivity index (χ1n) is 10.9. The Kier molecular flexibility index (Phi) is 7.33. The molecule has 3 atom stereocenters. The zero-order valence-electron chi connectivity index (χ0n) is 19.1. The molecule has 3 rings (SSSR count). The molecule has 1 saturated heterocycles. The van der Waals surface area contributed by atoms with Crippen molar-refractivity contribution in [1.82, 2.24) is 10.2 Å². The van der Waals surface area contributed by atoms with Gasteiger partial charge in [0.1, 0.15) is 0 Å². The van der Waals surface area contributed by atoms with Crippen LogP contribution in [0.15, 0.2) is 42.5 Å². The summed E-state index contributed by atoms with van der Waals surface area (Å²) in [6, 6.07) is 13.4. The lowest BCUT2D eigenvalue weighted by atomic mass is 10.0. The number of carbonyl (C=O) groups is 2. The van der Waals surface area contributed by atoms with Gasteiger partial charge in [0.2, 0.25) is 5.91 Å². The molecule has 0 aromatic heterocycles. The number of benzene rings is 2. The molecular weight excluding hydrogens is 390 g/mol. The lowest BCUT2D eigenvalue weighted by molar-refractivity contribution is -0.120. The highest BCUT2D eigenvalue weighted by atomic mass is 16.5. The van der Waals surface area contributed by atoms with Crippen molar-refractivity contribution in [2.24, 2.45) is 0 Å². The molecule has 1 aliphatic rings. The lowest BCUT2D eigenvalue weighted by Crippen LogP contribution is -2.48. The number of ether oxygens (including phenoxy) is 1. The quantitative estimate of drug-likeness (QED) is 0.741. The van der Waals surface area contributed by atoms with Crippen LogP contribution in [0.3, 0.4) is 0 Å². The van der Waals surface area contributed by atoms with Crippen LogP contribution in [0.25, 0.3) is 0 Å². The highest BCUT2D eigenvalue weighted by molar-refractivity contribution is 5.94. The second-order valence-electron chi connectivity index (χ2n) is 8.53. The van der Waals surface area contributed by atoms with Gasteiger partial charge < -0.3 is 20.3 Å². The first kappa shape index (κ1) is 22.8. The summed E-state index contributed by atoms with van der Waals surface area (Å²) in [4.78, 5) is 26.9. The lowest BCUT2D eigenvalue weighted by Gasteiger charge is -2.35. The third kappa shape index (κ3) is 6.07. The minimum absolute atomic E-state index is 0.00788. The van der Waals surface area contributed by atoms with Crippen LogP contribution < -0.4 is 10.6 Å². The van der Waals surface area contributed by atoms with Crippen LogP contribution in [0.5, 0.6) is 0 Å². The monoisotopic (exact) mass is 423 g/mol. The largest absolute Gasteiger partial charge is 0.376 e. The molecular formula is C25H33N3O3. The van der Waals surface area contributed by atoms with E-state index in [-0.39, 0.29) is 36.6 Å². The fourth-order valence-corrected chi connectivity index (χ4v) is 3.85. The molecule has 1 aliphatic heterocycles. The van der Waals surface area contributed by atoms with Gasteiger partial charge in [0.05, 0.1) is 24.8 Å². The smallest absolute Gasteiger partial charge is 0.254 e. The standard InChI is InChI=1S/C25H33N3O3/c1-16-6-7-22(12-17(16)2)20(5)27-24(29)13-26-23-10-8-21(9-11-23)25(30)28-14-18(3)31-19(4)15-28/h6-12,18-20,26H,13-15H2,1-5H3,(H,27,29). The Morgan fingerprint density at radius 3 is 2.29 bits per heavy atom. The molecule has 0 radical (unpaired) electrons. The van der Waals surface area contributed by atoms with E-state index in [9.17, 15) is 9.59 Å². The molecule has 6 heteroatoms. The predicted octanol–water partition coefficient (Wildman–Crippen LogP) is 3.84. The van der Waals surface area contributed by atoms with Crippen LogP contribution in [-0.2, 0) is 9.53 Å². The van der Waals surface area contributed by atoms with Crippen molar-refractivity contribution in [2.45, 2.75) is 52.9 Å². The average Bonchev–Trinajstić information content (AvgIpc) is 2.73. The second-order valence-corrected chi connectivity index (χ2v) is 8.53. The number of aryl methyl sites for hydroxylation is 2. The number of nitrogens with zero attached hydrogens (tertiary/aromatic N) is 1. The Labute approximate surface area is 185 Å². The molecule has 31 heavy (non-hydrogen) atoms. The molecule has 0 spiro atoms. The Morgan fingerprint density at radius 1 is 1.03 bits per heavy atom. The van der Waals surface area contributed by atoms with E-state index in [0.717, 1.165) is 11.3 Å². The van der Waals surface area contributed by atoms with Gasteiger partial charge in [-0.2, -0.15) is 0 Å². The Bertz CT molecular complexity index is 916. The zero-order valence-corrected chi connectivity index (χ0v) is 19.1. The van der Waals surface area contributed by atoms with Gasteiger partial charge in [-0.15, -0.1) is 0 Å². The molecule has 166 valence electrons. The first-order valence-corrected chi connectivity index (χ1v) is 10.9. The van der Waals surface area contributed by atoms with Crippen molar-refractivity contribution >= 4 is 17.5 Å². The number of rotatable bonds is 6. The first-order chi connectivity index (χ1) is 14.7. The molecule has 2 aromatic rings. The number of nitrogens with one attached hydrogen (secondary N) is 2. The van der Waals surface area contributed by atoms with Crippen LogP contribution in [0.2, 0.25) is 0 Å². The van der Waals surface area contributed by atoms with Gasteiger partial charge >= 0.3 is 0 Å². The summed E-state index contributed by atoms with van der Waals surface area (Å²) in [5.41, 5.74) is 4.98. The van der Waals surface area contributed by atoms with Crippen molar-refractivity contribution in [3.05, 3.63) is 64.7 Å². The molecule has 0 bridgehead atoms. The minimum Gasteiger partial charge on any atom is -0.376 e. The fraction of sp³-hybridized carbons (Fsp3) is 0.440. The third-order valence-corrected chi connectivity index (χ3v) is 5.70. The summed E-state index contributed by atoms with van der Waals surface area (Å²) in [6.45, 7) is 11.5.